The molecule has 1 rings (SSSR count). The number of benzene rings is 1. The van der Waals surface area contributed by atoms with Crippen molar-refractivity contribution in [2.45, 2.75) is 47.1 Å². The molecule has 5 nitrogen and oxygen atoms in total. The van der Waals surface area contributed by atoms with Crippen LogP contribution >= 0.6 is 0 Å². The first-order valence-corrected chi connectivity index (χ1v) is 6.81. The lowest BCUT2D eigenvalue weighted by atomic mass is 9.89. The van der Waals surface area contributed by atoms with E-state index in [0.29, 0.717) is 5.56 Å². The zero-order chi connectivity index (χ0) is 16.5. The second-order valence-electron chi connectivity index (χ2n) is 5.76. The second-order valence-corrected chi connectivity index (χ2v) is 5.76. The summed E-state index contributed by atoms with van der Waals surface area (Å²) in [5, 5.41) is 21.0. The van der Waals surface area contributed by atoms with Crippen molar-refractivity contribution in [3.05, 3.63) is 33.4 Å². The molecule has 0 aliphatic heterocycles. The van der Waals surface area contributed by atoms with Crippen LogP contribution in [0.15, 0.2) is 0 Å². The minimum absolute atomic E-state index is 0.341. The molecule has 21 heavy (non-hydrogen) atoms. The van der Waals surface area contributed by atoms with Gasteiger partial charge in [-0.3, -0.25) is 4.79 Å². The summed E-state index contributed by atoms with van der Waals surface area (Å²) in [7, 11) is 0. The summed E-state index contributed by atoms with van der Waals surface area (Å²) in [4.78, 5) is 23.2. The molecule has 0 aromatic heterocycles. The highest BCUT2D eigenvalue weighted by Crippen LogP contribution is 2.26. The van der Waals surface area contributed by atoms with Crippen molar-refractivity contribution < 1.29 is 19.8 Å². The van der Waals surface area contributed by atoms with Crippen LogP contribution < -0.4 is 5.32 Å². The van der Waals surface area contributed by atoms with E-state index in [1.807, 2.05) is 34.6 Å². The Labute approximate surface area is 125 Å². The summed E-state index contributed by atoms with van der Waals surface area (Å²) >= 11 is 0. The molecule has 0 fully saturated rings. The third kappa shape index (κ3) is 3.24. The van der Waals surface area contributed by atoms with Gasteiger partial charge in [-0.1, -0.05) is 0 Å². The Morgan fingerprint density at radius 2 is 1.33 bits per heavy atom. The van der Waals surface area contributed by atoms with Crippen LogP contribution in [-0.2, 0) is 4.79 Å². The van der Waals surface area contributed by atoms with Gasteiger partial charge in [-0.15, -0.1) is 0 Å². The number of carbonyl (C=O) groups excluding carboxylic acids is 1. The maximum atomic E-state index is 12.4. The quantitative estimate of drug-likeness (QED) is 0.790. The Morgan fingerprint density at radius 1 is 0.952 bits per heavy atom. The summed E-state index contributed by atoms with van der Waals surface area (Å²) < 4.78 is 0. The number of aliphatic hydroxyl groups is 1. The lowest BCUT2D eigenvalue weighted by Crippen LogP contribution is -2.46. The monoisotopic (exact) mass is 293 g/mol. The van der Waals surface area contributed by atoms with Gasteiger partial charge in [0.15, 0.2) is 5.60 Å². The predicted octanol–water partition coefficient (Wildman–Crippen LogP) is 1.79. The van der Waals surface area contributed by atoms with Crippen LogP contribution in [-0.4, -0.2) is 34.2 Å². The Morgan fingerprint density at radius 3 is 1.71 bits per heavy atom. The fourth-order valence-corrected chi connectivity index (χ4v) is 2.26. The van der Waals surface area contributed by atoms with Crippen LogP contribution in [0.2, 0.25) is 0 Å². The van der Waals surface area contributed by atoms with Crippen LogP contribution in [0.4, 0.5) is 0 Å². The Kier molecular flexibility index (Phi) is 4.79. The lowest BCUT2D eigenvalue weighted by Gasteiger charge is -2.21. The van der Waals surface area contributed by atoms with Crippen LogP contribution in [0.5, 0.6) is 0 Å². The number of carboxylic acid groups (broad SMARTS) is 1. The highest BCUT2D eigenvalue weighted by atomic mass is 16.4. The van der Waals surface area contributed by atoms with Gasteiger partial charge in [-0.25, -0.2) is 4.79 Å². The summed E-state index contributed by atoms with van der Waals surface area (Å²) in [6, 6.07) is 0. The minimum atomic E-state index is -1.98. The predicted molar refractivity (Wildman–Crippen MR) is 80.7 cm³/mol. The molecule has 1 atom stereocenters. The molecule has 5 heteroatoms. The average molecular weight is 293 g/mol. The van der Waals surface area contributed by atoms with Gasteiger partial charge in [0.2, 0.25) is 0 Å². The van der Waals surface area contributed by atoms with Crippen LogP contribution in [0.1, 0.15) is 45.1 Å². The maximum Gasteiger partial charge on any atom is 0.337 e. The SMILES string of the molecule is Cc1c(C)c(C)c(C(=O)NCC(C)(O)C(=O)O)c(C)c1C. The number of nitrogens with one attached hydrogen (secondary N) is 1. The van der Waals surface area contributed by atoms with E-state index in [9.17, 15) is 14.7 Å². The van der Waals surface area contributed by atoms with E-state index in [2.05, 4.69) is 5.32 Å². The normalized spacial score (nSPS) is 13.7. The van der Waals surface area contributed by atoms with Crippen LogP contribution in [0.25, 0.3) is 0 Å². The highest BCUT2D eigenvalue weighted by Gasteiger charge is 2.31. The molecule has 3 N–H and O–H groups in total. The topological polar surface area (TPSA) is 86.6 Å². The van der Waals surface area contributed by atoms with Gasteiger partial charge in [-0.2, -0.15) is 0 Å². The van der Waals surface area contributed by atoms with Crippen molar-refractivity contribution in [1.29, 1.82) is 0 Å². The largest absolute Gasteiger partial charge is 0.479 e. The van der Waals surface area contributed by atoms with Crippen molar-refractivity contribution in [1.82, 2.24) is 5.32 Å². The molecule has 0 aliphatic carbocycles. The first-order valence-electron chi connectivity index (χ1n) is 6.81. The number of rotatable bonds is 4. The van der Waals surface area contributed by atoms with E-state index in [0.717, 1.165) is 34.7 Å². The van der Waals surface area contributed by atoms with Crippen molar-refractivity contribution >= 4 is 11.9 Å². The second kappa shape index (κ2) is 5.85. The molecule has 1 amide bonds. The van der Waals surface area contributed by atoms with Crippen molar-refractivity contribution in [2.24, 2.45) is 0 Å². The number of amides is 1. The van der Waals surface area contributed by atoms with Gasteiger partial charge in [-0.05, 0) is 69.4 Å². The third-order valence-corrected chi connectivity index (χ3v) is 4.28. The molecule has 0 radical (unpaired) electrons. The zero-order valence-corrected chi connectivity index (χ0v) is 13.4. The first kappa shape index (κ1) is 17.2. The molecule has 0 bridgehead atoms. The molecule has 0 aliphatic rings. The van der Waals surface area contributed by atoms with Gasteiger partial charge in [0.25, 0.3) is 5.91 Å². The number of aliphatic carboxylic acids is 1. The Hall–Kier alpha value is -1.88. The first-order chi connectivity index (χ1) is 9.50. The molecule has 0 heterocycles. The van der Waals surface area contributed by atoms with Crippen molar-refractivity contribution in [3.63, 3.8) is 0 Å². The van der Waals surface area contributed by atoms with E-state index in [1.54, 1.807) is 0 Å². The van der Waals surface area contributed by atoms with Crippen molar-refractivity contribution in [2.75, 3.05) is 6.54 Å². The minimum Gasteiger partial charge on any atom is -0.479 e. The van der Waals surface area contributed by atoms with E-state index in [4.69, 9.17) is 5.11 Å². The molecule has 1 aromatic rings. The number of carbonyl (C=O) groups is 2. The highest BCUT2D eigenvalue weighted by molar-refractivity contribution is 5.98. The van der Waals surface area contributed by atoms with Gasteiger partial charge < -0.3 is 15.5 Å². The molecule has 0 spiro atoms. The zero-order valence-electron chi connectivity index (χ0n) is 13.4. The number of carboxylic acids is 1. The molecule has 116 valence electrons. The van der Waals surface area contributed by atoms with E-state index >= 15 is 0 Å². The third-order valence-electron chi connectivity index (χ3n) is 4.28. The smallest absolute Gasteiger partial charge is 0.337 e. The van der Waals surface area contributed by atoms with Gasteiger partial charge in [0.05, 0.1) is 6.54 Å². The lowest BCUT2D eigenvalue weighted by molar-refractivity contribution is -0.155. The molecular weight excluding hydrogens is 270 g/mol. The Bertz CT molecular complexity index is 574. The molecule has 0 saturated heterocycles. The van der Waals surface area contributed by atoms with Gasteiger partial charge >= 0.3 is 5.97 Å². The Balaban J connectivity index is 3.13. The van der Waals surface area contributed by atoms with Crippen LogP contribution in [0.3, 0.4) is 0 Å². The van der Waals surface area contributed by atoms with Gasteiger partial charge in [0.1, 0.15) is 0 Å². The van der Waals surface area contributed by atoms with E-state index in [-0.39, 0.29) is 12.5 Å². The standard InChI is InChI=1S/C16H23NO4/c1-8-9(2)11(4)13(12(5)10(8)3)14(18)17-7-16(6,21)15(19)20/h21H,7H2,1-6H3,(H,17,18)(H,19,20). The number of hydrogen-bond acceptors (Lipinski definition) is 3. The maximum absolute atomic E-state index is 12.4. The fraction of sp³-hybridized carbons (Fsp3) is 0.500. The fourth-order valence-electron chi connectivity index (χ4n) is 2.26. The summed E-state index contributed by atoms with van der Waals surface area (Å²) in [6.07, 6.45) is 0. The van der Waals surface area contributed by atoms with E-state index in [1.165, 1.54) is 0 Å². The van der Waals surface area contributed by atoms with Crippen LogP contribution in [0, 0.1) is 34.6 Å². The van der Waals surface area contributed by atoms with Gasteiger partial charge in [0, 0.05) is 5.56 Å². The van der Waals surface area contributed by atoms with Crippen molar-refractivity contribution in [3.8, 4) is 0 Å². The average Bonchev–Trinajstić information content (AvgIpc) is 2.41. The molecule has 1 unspecified atom stereocenters. The molecule has 1 aromatic carbocycles. The summed E-state index contributed by atoms with van der Waals surface area (Å²) in [5.74, 6) is -1.73. The number of hydrogen-bond donors (Lipinski definition) is 3. The molecular formula is C16H23NO4. The summed E-state index contributed by atoms with van der Waals surface area (Å²) in [6.45, 7) is 10.5. The van der Waals surface area contributed by atoms with E-state index < -0.39 is 11.6 Å². The summed E-state index contributed by atoms with van der Waals surface area (Å²) in [5.41, 5.74) is 3.58. The molecule has 0 saturated carbocycles.